The van der Waals surface area contributed by atoms with Gasteiger partial charge in [-0.05, 0) is 36.1 Å². The first kappa shape index (κ1) is 20.6. The van der Waals surface area contributed by atoms with E-state index < -0.39 is 21.3 Å². The van der Waals surface area contributed by atoms with Crippen LogP contribution in [0.4, 0.5) is 4.79 Å². The first-order chi connectivity index (χ1) is 13.8. The molecule has 0 bridgehead atoms. The van der Waals surface area contributed by atoms with Crippen molar-refractivity contribution in [1.82, 2.24) is 10.6 Å². The number of benzene rings is 3. The lowest BCUT2D eigenvalue weighted by Crippen LogP contribution is -2.42. The first-order valence-electron chi connectivity index (χ1n) is 9.11. The highest BCUT2D eigenvalue weighted by Gasteiger charge is 2.16. The standard InChI is InChI=1S/C21H23N3O4S/c1-15(29(22,26)27)13-23-21(25)24-14-16-9-11-18(12-10-16)28-20-8-4-6-17-5-2-3-7-19(17)20/h2-12,15H,13-14H2,1H3,(H2,22,26,27)(H2,23,24,25). The first-order valence-corrected chi connectivity index (χ1v) is 10.7. The number of amides is 2. The van der Waals surface area contributed by atoms with Crippen molar-refractivity contribution in [3.63, 3.8) is 0 Å². The third-order valence-corrected chi connectivity index (χ3v) is 5.75. The number of primary sulfonamides is 1. The molecule has 0 aromatic heterocycles. The number of nitrogens with two attached hydrogens (primary N) is 1. The minimum Gasteiger partial charge on any atom is -0.457 e. The predicted molar refractivity (Wildman–Crippen MR) is 113 cm³/mol. The normalized spacial score (nSPS) is 12.3. The Kier molecular flexibility index (Phi) is 6.36. The smallest absolute Gasteiger partial charge is 0.315 e. The Morgan fingerprint density at radius 3 is 2.41 bits per heavy atom. The summed E-state index contributed by atoms with van der Waals surface area (Å²) in [5.41, 5.74) is 0.880. The molecule has 0 radical (unpaired) electrons. The number of hydrogen-bond acceptors (Lipinski definition) is 4. The van der Waals surface area contributed by atoms with E-state index in [0.29, 0.717) is 12.3 Å². The summed E-state index contributed by atoms with van der Waals surface area (Å²) in [6.45, 7) is 1.68. The van der Waals surface area contributed by atoms with Gasteiger partial charge < -0.3 is 15.4 Å². The molecule has 2 amide bonds. The monoisotopic (exact) mass is 413 g/mol. The van der Waals surface area contributed by atoms with Crippen LogP contribution in [0.1, 0.15) is 12.5 Å². The summed E-state index contributed by atoms with van der Waals surface area (Å²) in [6, 6.07) is 20.8. The van der Waals surface area contributed by atoms with E-state index in [2.05, 4.69) is 10.6 Å². The molecule has 1 atom stereocenters. The van der Waals surface area contributed by atoms with Crippen LogP contribution in [0.2, 0.25) is 0 Å². The molecule has 0 aliphatic heterocycles. The molecule has 3 aromatic rings. The zero-order chi connectivity index (χ0) is 20.9. The van der Waals surface area contributed by atoms with Gasteiger partial charge in [-0.1, -0.05) is 48.5 Å². The molecule has 0 saturated heterocycles. The average Bonchev–Trinajstić information content (AvgIpc) is 2.71. The van der Waals surface area contributed by atoms with E-state index in [1.165, 1.54) is 6.92 Å². The number of nitrogens with one attached hydrogen (secondary N) is 2. The van der Waals surface area contributed by atoms with Crippen molar-refractivity contribution in [2.24, 2.45) is 5.14 Å². The van der Waals surface area contributed by atoms with Gasteiger partial charge in [0.25, 0.3) is 0 Å². The topological polar surface area (TPSA) is 111 Å². The highest BCUT2D eigenvalue weighted by molar-refractivity contribution is 7.89. The molecule has 7 nitrogen and oxygen atoms in total. The van der Waals surface area contributed by atoms with E-state index in [1.807, 2.05) is 66.7 Å². The molecule has 0 aliphatic carbocycles. The van der Waals surface area contributed by atoms with E-state index in [4.69, 9.17) is 9.88 Å². The van der Waals surface area contributed by atoms with Crippen LogP contribution in [0.5, 0.6) is 11.5 Å². The number of urea groups is 1. The van der Waals surface area contributed by atoms with Crippen LogP contribution in [0.15, 0.2) is 66.7 Å². The van der Waals surface area contributed by atoms with Gasteiger partial charge in [-0.25, -0.2) is 18.4 Å². The Labute approximate surface area is 169 Å². The number of carbonyl (C=O) groups is 1. The van der Waals surface area contributed by atoms with E-state index in [1.54, 1.807) is 0 Å². The summed E-state index contributed by atoms with van der Waals surface area (Å²) in [4.78, 5) is 11.8. The molecule has 3 aromatic carbocycles. The summed E-state index contributed by atoms with van der Waals surface area (Å²) in [6.07, 6.45) is 0. The molecular weight excluding hydrogens is 390 g/mol. The Balaban J connectivity index is 1.54. The Morgan fingerprint density at radius 1 is 1.00 bits per heavy atom. The molecule has 4 N–H and O–H groups in total. The van der Waals surface area contributed by atoms with Gasteiger partial charge >= 0.3 is 6.03 Å². The minimum absolute atomic E-state index is 0.0531. The maximum Gasteiger partial charge on any atom is 0.315 e. The fourth-order valence-corrected chi connectivity index (χ4v) is 3.00. The molecule has 0 heterocycles. The highest BCUT2D eigenvalue weighted by atomic mass is 32.2. The lowest BCUT2D eigenvalue weighted by atomic mass is 10.1. The summed E-state index contributed by atoms with van der Waals surface area (Å²) in [7, 11) is -3.67. The predicted octanol–water partition coefficient (Wildman–Crippen LogP) is 3.11. The zero-order valence-corrected chi connectivity index (χ0v) is 16.8. The molecular formula is C21H23N3O4S. The zero-order valence-electron chi connectivity index (χ0n) is 16.0. The van der Waals surface area contributed by atoms with Crippen LogP contribution < -0.4 is 20.5 Å². The van der Waals surface area contributed by atoms with Gasteiger partial charge in [-0.2, -0.15) is 0 Å². The maximum absolute atomic E-state index is 11.8. The average molecular weight is 413 g/mol. The van der Waals surface area contributed by atoms with E-state index >= 15 is 0 Å². The fraction of sp³-hybridized carbons (Fsp3) is 0.190. The number of fused-ring (bicyclic) bond motifs is 1. The fourth-order valence-electron chi connectivity index (χ4n) is 2.68. The number of sulfonamides is 1. The summed E-state index contributed by atoms with van der Waals surface area (Å²) < 4.78 is 28.3. The number of ether oxygens (including phenoxy) is 1. The van der Waals surface area contributed by atoms with Crippen molar-refractivity contribution >= 4 is 26.8 Å². The van der Waals surface area contributed by atoms with Crippen molar-refractivity contribution < 1.29 is 17.9 Å². The van der Waals surface area contributed by atoms with Gasteiger partial charge in [0.2, 0.25) is 10.0 Å². The van der Waals surface area contributed by atoms with Gasteiger partial charge in [0.15, 0.2) is 0 Å². The molecule has 152 valence electrons. The SMILES string of the molecule is CC(CNC(=O)NCc1ccc(Oc2cccc3ccccc23)cc1)S(N)(=O)=O. The highest BCUT2D eigenvalue weighted by Crippen LogP contribution is 2.29. The molecule has 0 spiro atoms. The van der Waals surface area contributed by atoms with Crippen molar-refractivity contribution in [2.75, 3.05) is 6.54 Å². The van der Waals surface area contributed by atoms with Crippen LogP contribution in [-0.4, -0.2) is 26.2 Å². The van der Waals surface area contributed by atoms with Crippen LogP contribution in [0.3, 0.4) is 0 Å². The van der Waals surface area contributed by atoms with Gasteiger partial charge in [0.05, 0.1) is 5.25 Å². The van der Waals surface area contributed by atoms with Crippen molar-refractivity contribution in [2.45, 2.75) is 18.7 Å². The van der Waals surface area contributed by atoms with Gasteiger partial charge in [-0.3, -0.25) is 0 Å². The molecule has 29 heavy (non-hydrogen) atoms. The second-order valence-electron chi connectivity index (χ2n) is 6.69. The van der Waals surface area contributed by atoms with Gasteiger partial charge in [0, 0.05) is 18.5 Å². The van der Waals surface area contributed by atoms with Crippen LogP contribution in [0.25, 0.3) is 10.8 Å². The quantitative estimate of drug-likeness (QED) is 0.553. The third-order valence-electron chi connectivity index (χ3n) is 4.46. The Bertz CT molecular complexity index is 1090. The molecule has 3 rings (SSSR count). The lowest BCUT2D eigenvalue weighted by molar-refractivity contribution is 0.240. The second-order valence-corrected chi connectivity index (χ2v) is 8.67. The van der Waals surface area contributed by atoms with E-state index in [9.17, 15) is 13.2 Å². The second kappa shape index (κ2) is 8.93. The molecule has 0 saturated carbocycles. The van der Waals surface area contributed by atoms with Crippen LogP contribution in [-0.2, 0) is 16.6 Å². The van der Waals surface area contributed by atoms with Gasteiger partial charge in [0.1, 0.15) is 11.5 Å². The minimum atomic E-state index is -3.67. The third kappa shape index (κ3) is 5.69. The maximum atomic E-state index is 11.8. The molecule has 8 heteroatoms. The summed E-state index contributed by atoms with van der Waals surface area (Å²) in [5.74, 6) is 1.47. The molecule has 0 fully saturated rings. The largest absolute Gasteiger partial charge is 0.457 e. The van der Waals surface area contributed by atoms with Crippen molar-refractivity contribution in [1.29, 1.82) is 0 Å². The number of rotatable bonds is 7. The van der Waals surface area contributed by atoms with Crippen molar-refractivity contribution in [3.05, 3.63) is 72.3 Å². The van der Waals surface area contributed by atoms with Crippen LogP contribution in [0, 0.1) is 0 Å². The number of hydrogen-bond donors (Lipinski definition) is 3. The van der Waals surface area contributed by atoms with E-state index in [0.717, 1.165) is 22.1 Å². The van der Waals surface area contributed by atoms with E-state index in [-0.39, 0.29) is 6.54 Å². The Morgan fingerprint density at radius 2 is 1.69 bits per heavy atom. The van der Waals surface area contributed by atoms with Gasteiger partial charge in [-0.15, -0.1) is 0 Å². The molecule has 1 unspecified atom stereocenters. The Hall–Kier alpha value is -3.10. The number of carbonyl (C=O) groups excluding carboxylic acids is 1. The van der Waals surface area contributed by atoms with Crippen LogP contribution >= 0.6 is 0 Å². The molecule has 0 aliphatic rings. The van der Waals surface area contributed by atoms with Crippen molar-refractivity contribution in [3.8, 4) is 11.5 Å². The summed E-state index contributed by atoms with van der Waals surface area (Å²) >= 11 is 0. The summed E-state index contributed by atoms with van der Waals surface area (Å²) in [5, 5.41) is 11.5. The lowest BCUT2D eigenvalue weighted by Gasteiger charge is -2.12.